The number of methoxy groups -OCH3 is 1. The average molecular weight is 421 g/mol. The number of hydrogen-bond acceptors (Lipinski definition) is 4. The third-order valence-electron chi connectivity index (χ3n) is 6.47. The van der Waals surface area contributed by atoms with Crippen LogP contribution in [0.3, 0.4) is 0 Å². The van der Waals surface area contributed by atoms with E-state index in [0.717, 1.165) is 63.4 Å². The van der Waals surface area contributed by atoms with E-state index in [-0.39, 0.29) is 5.82 Å². The van der Waals surface area contributed by atoms with Crippen molar-refractivity contribution in [1.82, 2.24) is 19.6 Å². The molecule has 2 heterocycles. The Hall–Kier alpha value is -2.70. The van der Waals surface area contributed by atoms with Crippen molar-refractivity contribution in [1.29, 1.82) is 0 Å². The predicted octanol–water partition coefficient (Wildman–Crippen LogP) is 3.83. The minimum atomic E-state index is -0.290. The van der Waals surface area contributed by atoms with E-state index >= 15 is 0 Å². The van der Waals surface area contributed by atoms with E-state index in [0.29, 0.717) is 5.75 Å². The highest BCUT2D eigenvalue weighted by molar-refractivity contribution is 5.40. The van der Waals surface area contributed by atoms with Gasteiger partial charge in [0.05, 0.1) is 18.5 Å². The molecule has 1 aliphatic carbocycles. The molecule has 0 spiro atoms. The van der Waals surface area contributed by atoms with E-state index < -0.39 is 0 Å². The lowest BCUT2D eigenvalue weighted by Crippen LogP contribution is -2.45. The molecule has 5 rings (SSSR count). The normalized spacial score (nSPS) is 17.1. The smallest absolute Gasteiger partial charge is 0.165 e. The largest absolute Gasteiger partial charge is 0.494 e. The highest BCUT2D eigenvalue weighted by atomic mass is 19.1. The van der Waals surface area contributed by atoms with Gasteiger partial charge in [0.2, 0.25) is 0 Å². The predicted molar refractivity (Wildman–Crippen MR) is 119 cm³/mol. The van der Waals surface area contributed by atoms with Crippen LogP contribution < -0.4 is 4.74 Å². The quantitative estimate of drug-likeness (QED) is 0.607. The number of para-hydroxylation sites is 1. The maximum absolute atomic E-state index is 14.0. The Balaban J connectivity index is 1.22. The monoisotopic (exact) mass is 420 g/mol. The van der Waals surface area contributed by atoms with Crippen LogP contribution >= 0.6 is 0 Å². The first-order chi connectivity index (χ1) is 15.2. The van der Waals surface area contributed by atoms with Gasteiger partial charge < -0.3 is 4.74 Å². The van der Waals surface area contributed by atoms with Crippen molar-refractivity contribution >= 4 is 0 Å². The SMILES string of the molecule is COc1ccc(CN2CCN(Cc3nn(-c4ccccc4)c4c3CCC4)CC2)cc1F. The second-order valence-electron chi connectivity index (χ2n) is 8.49. The fraction of sp³-hybridized carbons (Fsp3) is 0.400. The van der Waals surface area contributed by atoms with Gasteiger partial charge in [-0.05, 0) is 54.7 Å². The molecule has 0 N–H and O–H groups in total. The Morgan fingerprint density at radius 2 is 1.68 bits per heavy atom. The van der Waals surface area contributed by atoms with E-state index in [1.165, 1.54) is 30.5 Å². The molecule has 5 nitrogen and oxygen atoms in total. The van der Waals surface area contributed by atoms with Crippen molar-refractivity contribution in [3.8, 4) is 11.4 Å². The summed E-state index contributed by atoms with van der Waals surface area (Å²) in [5.74, 6) is 0.0116. The summed E-state index contributed by atoms with van der Waals surface area (Å²) in [5, 5.41) is 5.02. The van der Waals surface area contributed by atoms with Crippen molar-refractivity contribution in [2.75, 3.05) is 33.3 Å². The Morgan fingerprint density at radius 1 is 0.935 bits per heavy atom. The fourth-order valence-electron chi connectivity index (χ4n) is 4.81. The number of nitrogens with zero attached hydrogens (tertiary/aromatic N) is 4. The number of fused-ring (bicyclic) bond motifs is 1. The van der Waals surface area contributed by atoms with E-state index in [1.807, 2.05) is 12.1 Å². The van der Waals surface area contributed by atoms with E-state index in [9.17, 15) is 4.39 Å². The lowest BCUT2D eigenvalue weighted by molar-refractivity contribution is 0.120. The van der Waals surface area contributed by atoms with E-state index in [2.05, 4.69) is 38.7 Å². The highest BCUT2D eigenvalue weighted by Gasteiger charge is 2.25. The van der Waals surface area contributed by atoms with Crippen molar-refractivity contribution in [3.05, 3.63) is 76.9 Å². The van der Waals surface area contributed by atoms with E-state index in [4.69, 9.17) is 9.84 Å². The Morgan fingerprint density at radius 3 is 2.39 bits per heavy atom. The molecule has 31 heavy (non-hydrogen) atoms. The summed E-state index contributed by atoms with van der Waals surface area (Å²) in [6.07, 6.45) is 3.48. The first kappa shape index (κ1) is 20.2. The molecule has 3 aromatic rings. The van der Waals surface area contributed by atoms with Crippen LogP contribution in [0.2, 0.25) is 0 Å². The third-order valence-corrected chi connectivity index (χ3v) is 6.47. The summed E-state index contributed by atoms with van der Waals surface area (Å²) in [5.41, 5.74) is 6.23. The number of hydrogen-bond donors (Lipinski definition) is 0. The van der Waals surface area contributed by atoms with Gasteiger partial charge in [-0.25, -0.2) is 9.07 Å². The van der Waals surface area contributed by atoms with Gasteiger partial charge in [0.1, 0.15) is 0 Å². The zero-order valence-electron chi connectivity index (χ0n) is 18.1. The number of aromatic nitrogens is 2. The van der Waals surface area contributed by atoms with Gasteiger partial charge in [0, 0.05) is 45.0 Å². The number of rotatable bonds is 6. The minimum Gasteiger partial charge on any atom is -0.494 e. The maximum Gasteiger partial charge on any atom is 0.165 e. The van der Waals surface area contributed by atoms with Gasteiger partial charge in [-0.15, -0.1) is 0 Å². The number of piperazine rings is 1. The van der Waals surface area contributed by atoms with Crippen LogP contribution in [0.4, 0.5) is 4.39 Å². The summed E-state index contributed by atoms with van der Waals surface area (Å²) in [6.45, 7) is 5.65. The molecule has 1 aromatic heterocycles. The third kappa shape index (κ3) is 4.23. The highest BCUT2D eigenvalue weighted by Crippen LogP contribution is 2.29. The van der Waals surface area contributed by atoms with E-state index in [1.54, 1.807) is 12.1 Å². The van der Waals surface area contributed by atoms with Gasteiger partial charge in [0.25, 0.3) is 0 Å². The molecular formula is C25H29FN4O. The molecule has 0 atom stereocenters. The summed E-state index contributed by atoms with van der Waals surface area (Å²) < 4.78 is 21.2. The lowest BCUT2D eigenvalue weighted by atomic mass is 10.1. The summed E-state index contributed by atoms with van der Waals surface area (Å²) in [7, 11) is 1.50. The van der Waals surface area contributed by atoms with Crippen molar-refractivity contribution in [2.24, 2.45) is 0 Å². The first-order valence-electron chi connectivity index (χ1n) is 11.1. The molecule has 0 amide bonds. The summed E-state index contributed by atoms with van der Waals surface area (Å²) >= 11 is 0. The maximum atomic E-state index is 14.0. The number of benzene rings is 2. The first-order valence-corrected chi connectivity index (χ1v) is 11.1. The minimum absolute atomic E-state index is 0.290. The van der Waals surface area contributed by atoms with Crippen molar-refractivity contribution in [2.45, 2.75) is 32.4 Å². The van der Waals surface area contributed by atoms with Crippen molar-refractivity contribution in [3.63, 3.8) is 0 Å². The molecule has 2 aliphatic rings. The van der Waals surface area contributed by atoms with Gasteiger partial charge >= 0.3 is 0 Å². The molecular weight excluding hydrogens is 391 g/mol. The molecule has 0 bridgehead atoms. The molecule has 0 unspecified atom stereocenters. The standard InChI is InChI=1S/C25H29FN4O/c1-31-25-11-10-19(16-22(25)26)17-28-12-14-29(15-13-28)18-23-21-8-5-9-24(21)30(27-23)20-6-3-2-4-7-20/h2-4,6-7,10-11,16H,5,8-9,12-15,17-18H2,1H3. The average Bonchev–Trinajstić information content (AvgIpc) is 3.40. The van der Waals surface area contributed by atoms with Crippen LogP contribution in [0.25, 0.3) is 5.69 Å². The molecule has 2 aromatic carbocycles. The molecule has 0 saturated carbocycles. The zero-order valence-corrected chi connectivity index (χ0v) is 18.1. The van der Waals surface area contributed by atoms with Gasteiger partial charge in [-0.2, -0.15) is 5.10 Å². The molecule has 0 radical (unpaired) electrons. The molecule has 1 aliphatic heterocycles. The molecule has 162 valence electrons. The van der Waals surface area contributed by atoms with Gasteiger partial charge in [-0.3, -0.25) is 9.80 Å². The second-order valence-corrected chi connectivity index (χ2v) is 8.49. The number of halogens is 1. The summed E-state index contributed by atoms with van der Waals surface area (Å²) in [6, 6.07) is 15.7. The van der Waals surface area contributed by atoms with Crippen LogP contribution in [0.5, 0.6) is 5.75 Å². The summed E-state index contributed by atoms with van der Waals surface area (Å²) in [4.78, 5) is 4.89. The topological polar surface area (TPSA) is 33.5 Å². The van der Waals surface area contributed by atoms with Crippen LogP contribution in [-0.2, 0) is 25.9 Å². The lowest BCUT2D eigenvalue weighted by Gasteiger charge is -2.34. The molecule has 1 saturated heterocycles. The van der Waals surface area contributed by atoms with Crippen LogP contribution in [-0.4, -0.2) is 52.9 Å². The second kappa shape index (κ2) is 8.81. The van der Waals surface area contributed by atoms with Crippen LogP contribution in [0.15, 0.2) is 48.5 Å². The number of ether oxygens (including phenoxy) is 1. The fourth-order valence-corrected chi connectivity index (χ4v) is 4.81. The van der Waals surface area contributed by atoms with Gasteiger partial charge in [-0.1, -0.05) is 24.3 Å². The molecule has 1 fully saturated rings. The Kier molecular flexibility index (Phi) is 5.74. The van der Waals surface area contributed by atoms with Crippen molar-refractivity contribution < 1.29 is 9.13 Å². The zero-order chi connectivity index (χ0) is 21.2. The van der Waals surface area contributed by atoms with Crippen LogP contribution in [0, 0.1) is 5.82 Å². The molecule has 6 heteroatoms. The Bertz CT molecular complexity index is 1040. The Labute approximate surface area is 183 Å². The van der Waals surface area contributed by atoms with Gasteiger partial charge in [0.15, 0.2) is 11.6 Å². The van der Waals surface area contributed by atoms with Crippen LogP contribution in [0.1, 0.15) is 28.9 Å².